The summed E-state index contributed by atoms with van der Waals surface area (Å²) in [4.78, 5) is 18.7. The Morgan fingerprint density at radius 1 is 1.14 bits per heavy atom. The Morgan fingerprint density at radius 3 is 2.61 bits per heavy atom. The van der Waals surface area contributed by atoms with E-state index in [1.165, 1.54) is 0 Å². The number of nitriles is 1. The number of allylic oxidation sites excluding steroid dienone is 2. The van der Waals surface area contributed by atoms with Crippen molar-refractivity contribution in [1.82, 2.24) is 20.0 Å². The summed E-state index contributed by atoms with van der Waals surface area (Å²) < 4.78 is 5.02. The predicted octanol–water partition coefficient (Wildman–Crippen LogP) is 3.51. The number of nitrogens with zero attached hydrogens (tertiary/aromatic N) is 4. The van der Waals surface area contributed by atoms with Crippen molar-refractivity contribution < 1.29 is 9.53 Å². The summed E-state index contributed by atoms with van der Waals surface area (Å²) in [5.74, 6) is 0.0331. The number of ether oxygens (including phenoxy) is 1. The van der Waals surface area contributed by atoms with Gasteiger partial charge in [-0.25, -0.2) is 0 Å². The number of carbonyl (C=O) groups is 1. The van der Waals surface area contributed by atoms with E-state index in [9.17, 15) is 10.1 Å². The molecule has 1 saturated heterocycles. The van der Waals surface area contributed by atoms with E-state index in [2.05, 4.69) is 39.5 Å². The fraction of sp³-hybridized carbons (Fsp3) is 0.286. The van der Waals surface area contributed by atoms with Crippen LogP contribution in [-0.4, -0.2) is 73.2 Å². The number of hydrogen-bond donors (Lipinski definition) is 1. The Balaban J connectivity index is 1.44. The van der Waals surface area contributed by atoms with Crippen LogP contribution < -0.4 is 5.32 Å². The first-order valence-electron chi connectivity index (χ1n) is 12.0. The number of halogens is 1. The smallest absolute Gasteiger partial charge is 0.248 e. The van der Waals surface area contributed by atoms with Crippen LogP contribution in [0.15, 0.2) is 72.6 Å². The van der Waals surface area contributed by atoms with Gasteiger partial charge in [-0.05, 0) is 35.4 Å². The molecule has 3 aliphatic heterocycles. The summed E-state index contributed by atoms with van der Waals surface area (Å²) in [6, 6.07) is 17.9. The molecule has 7 nitrogen and oxygen atoms in total. The lowest BCUT2D eigenvalue weighted by molar-refractivity contribution is -0.136. The van der Waals surface area contributed by atoms with Gasteiger partial charge in [0.05, 0.1) is 23.0 Å². The Bertz CT molecular complexity index is 1270. The van der Waals surface area contributed by atoms with Gasteiger partial charge in [0.25, 0.3) is 0 Å². The summed E-state index contributed by atoms with van der Waals surface area (Å²) in [6.07, 6.45) is 6.32. The highest BCUT2D eigenvalue weighted by Gasteiger charge is 2.33. The van der Waals surface area contributed by atoms with Gasteiger partial charge in [0.15, 0.2) is 0 Å². The molecule has 0 bridgehead atoms. The molecule has 1 fully saturated rings. The molecular formula is C28H28ClN5O2. The molecule has 1 N–H and O–H groups in total. The molecule has 1 atom stereocenters. The van der Waals surface area contributed by atoms with Gasteiger partial charge in [-0.15, -0.1) is 0 Å². The molecule has 3 aliphatic rings. The van der Waals surface area contributed by atoms with Crippen LogP contribution in [0.1, 0.15) is 16.7 Å². The maximum absolute atomic E-state index is 12.2. The molecule has 2 aromatic carbocycles. The van der Waals surface area contributed by atoms with Gasteiger partial charge < -0.3 is 19.9 Å². The first kappa shape index (κ1) is 24.1. The molecular weight excluding hydrogens is 474 g/mol. The molecule has 2 aromatic rings. The van der Waals surface area contributed by atoms with E-state index in [0.717, 1.165) is 47.7 Å². The summed E-state index contributed by atoms with van der Waals surface area (Å²) in [5.41, 5.74) is 5.84. The summed E-state index contributed by atoms with van der Waals surface area (Å²) in [7, 11) is 1.55. The number of hydrogen-bond acceptors (Lipinski definition) is 6. The molecule has 1 amide bonds. The number of benzene rings is 2. The first-order valence-corrected chi connectivity index (χ1v) is 12.4. The molecule has 0 aliphatic carbocycles. The second-order valence-corrected chi connectivity index (χ2v) is 9.45. The number of rotatable bonds is 6. The molecule has 36 heavy (non-hydrogen) atoms. The van der Waals surface area contributed by atoms with Crippen LogP contribution in [0.2, 0.25) is 5.02 Å². The van der Waals surface area contributed by atoms with Gasteiger partial charge >= 0.3 is 0 Å². The quantitative estimate of drug-likeness (QED) is 0.653. The van der Waals surface area contributed by atoms with Crippen molar-refractivity contribution in [2.45, 2.75) is 6.17 Å². The SMILES string of the molecule is COCC(=O)N1CCN(CC2=C(c3ccc(Cl)cc3)NC3C=CC(c4ccccc4C#N)=CN23)CC1. The number of piperazine rings is 1. The number of fused-ring (bicyclic) bond motifs is 1. The van der Waals surface area contributed by atoms with Gasteiger partial charge in [0.2, 0.25) is 5.91 Å². The zero-order valence-electron chi connectivity index (χ0n) is 20.2. The topological polar surface area (TPSA) is 71.8 Å². The maximum Gasteiger partial charge on any atom is 0.248 e. The van der Waals surface area contributed by atoms with E-state index < -0.39 is 0 Å². The highest BCUT2D eigenvalue weighted by Crippen LogP contribution is 2.35. The van der Waals surface area contributed by atoms with Gasteiger partial charge in [0, 0.05) is 56.6 Å². The third-order valence-electron chi connectivity index (χ3n) is 6.79. The molecule has 184 valence electrons. The molecule has 0 aromatic heterocycles. The van der Waals surface area contributed by atoms with Crippen molar-refractivity contribution in [1.29, 1.82) is 5.26 Å². The zero-order chi connectivity index (χ0) is 25.1. The fourth-order valence-corrected chi connectivity index (χ4v) is 5.01. The summed E-state index contributed by atoms with van der Waals surface area (Å²) in [5, 5.41) is 14.0. The highest BCUT2D eigenvalue weighted by atomic mass is 35.5. The highest BCUT2D eigenvalue weighted by molar-refractivity contribution is 6.30. The average Bonchev–Trinajstić information content (AvgIpc) is 3.27. The third-order valence-corrected chi connectivity index (χ3v) is 7.04. The lowest BCUT2D eigenvalue weighted by Crippen LogP contribution is -2.50. The molecule has 5 rings (SSSR count). The largest absolute Gasteiger partial charge is 0.375 e. The summed E-state index contributed by atoms with van der Waals surface area (Å²) in [6.45, 7) is 3.78. The number of amides is 1. The predicted molar refractivity (Wildman–Crippen MR) is 140 cm³/mol. The van der Waals surface area contributed by atoms with Crippen LogP contribution in [0.4, 0.5) is 0 Å². The molecule has 8 heteroatoms. The Hall–Kier alpha value is -3.57. The van der Waals surface area contributed by atoms with E-state index >= 15 is 0 Å². The molecule has 0 saturated carbocycles. The number of nitrogens with one attached hydrogen (secondary N) is 1. The van der Waals surface area contributed by atoms with E-state index in [0.29, 0.717) is 23.7 Å². The summed E-state index contributed by atoms with van der Waals surface area (Å²) >= 11 is 6.17. The molecule has 3 heterocycles. The van der Waals surface area contributed by atoms with Gasteiger partial charge in [-0.2, -0.15) is 5.26 Å². The lowest BCUT2D eigenvalue weighted by Gasteiger charge is -2.36. The second-order valence-electron chi connectivity index (χ2n) is 9.02. The number of carbonyl (C=O) groups excluding carboxylic acids is 1. The Morgan fingerprint density at radius 2 is 1.89 bits per heavy atom. The van der Waals surface area contributed by atoms with Gasteiger partial charge in [-0.3, -0.25) is 9.69 Å². The standard InChI is InChI=1S/C28H28ClN5O2/c1-36-19-27(35)33-14-12-32(13-15-33)18-25-28(20-6-9-23(29)10-7-20)31-26-11-8-22(17-34(25)26)24-5-3-2-4-21(24)16-30/h2-11,17,26,31H,12-15,18-19H2,1H3. The van der Waals surface area contributed by atoms with Gasteiger partial charge in [-0.1, -0.05) is 48.0 Å². The van der Waals surface area contributed by atoms with E-state index in [4.69, 9.17) is 16.3 Å². The maximum atomic E-state index is 12.2. The minimum atomic E-state index is -0.0201. The molecule has 1 unspecified atom stereocenters. The van der Waals surface area contributed by atoms with Crippen molar-refractivity contribution in [3.05, 3.63) is 94.3 Å². The average molecular weight is 502 g/mol. The van der Waals surface area contributed by atoms with Crippen LogP contribution in [0.3, 0.4) is 0 Å². The first-order chi connectivity index (χ1) is 17.6. The number of methoxy groups -OCH3 is 1. The second kappa shape index (κ2) is 10.6. The minimum absolute atomic E-state index is 0.0201. The minimum Gasteiger partial charge on any atom is -0.375 e. The van der Waals surface area contributed by atoms with E-state index in [1.54, 1.807) is 7.11 Å². The molecule has 0 spiro atoms. The van der Waals surface area contributed by atoms with Gasteiger partial charge in [0.1, 0.15) is 12.8 Å². The van der Waals surface area contributed by atoms with Crippen molar-refractivity contribution in [3.8, 4) is 6.07 Å². The van der Waals surface area contributed by atoms with Crippen molar-refractivity contribution >= 4 is 28.8 Å². The fourth-order valence-electron chi connectivity index (χ4n) is 4.89. The van der Waals surface area contributed by atoms with Crippen LogP contribution in [0.25, 0.3) is 11.3 Å². The van der Waals surface area contributed by atoms with E-state index in [1.807, 2.05) is 53.4 Å². The van der Waals surface area contributed by atoms with Crippen LogP contribution in [0, 0.1) is 11.3 Å². The Kier molecular flexibility index (Phi) is 7.10. The lowest BCUT2D eigenvalue weighted by atomic mass is 9.99. The normalized spacial score (nSPS) is 19.6. The van der Waals surface area contributed by atoms with Crippen LogP contribution in [-0.2, 0) is 9.53 Å². The van der Waals surface area contributed by atoms with Crippen LogP contribution in [0.5, 0.6) is 0 Å². The monoisotopic (exact) mass is 501 g/mol. The third kappa shape index (κ3) is 4.89. The van der Waals surface area contributed by atoms with Crippen molar-refractivity contribution in [2.75, 3.05) is 46.4 Å². The van der Waals surface area contributed by atoms with Crippen molar-refractivity contribution in [3.63, 3.8) is 0 Å². The van der Waals surface area contributed by atoms with Crippen molar-refractivity contribution in [2.24, 2.45) is 0 Å². The molecule has 0 radical (unpaired) electrons. The zero-order valence-corrected chi connectivity index (χ0v) is 20.9. The Labute approximate surface area is 216 Å². The van der Waals surface area contributed by atoms with Crippen LogP contribution >= 0.6 is 11.6 Å². The van der Waals surface area contributed by atoms with E-state index in [-0.39, 0.29) is 18.7 Å².